The van der Waals surface area contributed by atoms with Gasteiger partial charge >= 0.3 is 6.18 Å². The number of alkyl halides is 3. The van der Waals surface area contributed by atoms with E-state index in [2.05, 4.69) is 5.32 Å². The van der Waals surface area contributed by atoms with Gasteiger partial charge in [0.25, 0.3) is 0 Å². The Kier molecular flexibility index (Phi) is 4.71. The van der Waals surface area contributed by atoms with Crippen LogP contribution in [0.4, 0.5) is 18.9 Å². The molecule has 3 aromatic rings. The zero-order valence-electron chi connectivity index (χ0n) is 14.1. The lowest BCUT2D eigenvalue weighted by molar-refractivity contribution is -0.137. The molecule has 1 unspecified atom stereocenters. The molecule has 2 aromatic carbocycles. The molecule has 0 saturated carbocycles. The number of nitrogens with one attached hydrogen (secondary N) is 1. The van der Waals surface area contributed by atoms with Gasteiger partial charge in [-0.1, -0.05) is 23.2 Å². The number of rotatable bonds is 3. The maximum Gasteiger partial charge on any atom is 0.416 e. The van der Waals surface area contributed by atoms with Crippen LogP contribution < -0.4 is 5.32 Å². The van der Waals surface area contributed by atoms with Gasteiger partial charge in [-0.25, -0.2) is 0 Å². The fraction of sp³-hybridized carbons (Fsp3) is 0.211. The highest BCUT2D eigenvalue weighted by Gasteiger charge is 2.31. The van der Waals surface area contributed by atoms with Gasteiger partial charge in [-0.3, -0.25) is 4.79 Å². The minimum absolute atomic E-state index is 0.0477. The molecule has 136 valence electrons. The molecule has 0 saturated heterocycles. The molecule has 1 N–H and O–H groups in total. The fourth-order valence-electron chi connectivity index (χ4n) is 2.78. The first-order valence-corrected chi connectivity index (χ1v) is 8.29. The third-order valence-electron chi connectivity index (χ3n) is 4.22. The maximum atomic E-state index is 12.9. The van der Waals surface area contributed by atoms with E-state index < -0.39 is 23.7 Å². The van der Waals surface area contributed by atoms with Gasteiger partial charge < -0.3 is 9.88 Å². The zero-order valence-corrected chi connectivity index (χ0v) is 14.8. The Morgan fingerprint density at radius 3 is 2.58 bits per heavy atom. The van der Waals surface area contributed by atoms with Crippen molar-refractivity contribution >= 4 is 34.1 Å². The Balaban J connectivity index is 1.87. The van der Waals surface area contributed by atoms with Crippen LogP contribution in [-0.4, -0.2) is 10.5 Å². The van der Waals surface area contributed by atoms with Crippen LogP contribution in [0.15, 0.2) is 48.7 Å². The normalized spacial score (nSPS) is 13.0. The number of benzene rings is 2. The number of amides is 1. The summed E-state index contributed by atoms with van der Waals surface area (Å²) in [5.41, 5.74) is 1.04. The molecule has 1 heterocycles. The minimum Gasteiger partial charge on any atom is -0.335 e. The largest absolute Gasteiger partial charge is 0.416 e. The Morgan fingerprint density at radius 1 is 1.15 bits per heavy atom. The van der Waals surface area contributed by atoms with E-state index in [1.54, 1.807) is 17.7 Å². The molecule has 0 aliphatic heterocycles. The molecule has 26 heavy (non-hydrogen) atoms. The summed E-state index contributed by atoms with van der Waals surface area (Å²) in [4.78, 5) is 12.6. The Morgan fingerprint density at radius 2 is 1.88 bits per heavy atom. The lowest BCUT2D eigenvalue weighted by Crippen LogP contribution is -2.23. The van der Waals surface area contributed by atoms with Crippen LogP contribution in [-0.2, 0) is 11.0 Å². The molecule has 1 aromatic heterocycles. The van der Waals surface area contributed by atoms with Crippen molar-refractivity contribution in [3.8, 4) is 0 Å². The second kappa shape index (κ2) is 6.68. The van der Waals surface area contributed by atoms with Crippen molar-refractivity contribution in [2.24, 2.45) is 0 Å². The van der Waals surface area contributed by atoms with Crippen LogP contribution >= 0.6 is 11.6 Å². The summed E-state index contributed by atoms with van der Waals surface area (Å²) in [6, 6.07) is 9.95. The molecule has 0 aliphatic carbocycles. The van der Waals surface area contributed by atoms with Crippen LogP contribution in [0, 0.1) is 6.92 Å². The topological polar surface area (TPSA) is 34.0 Å². The second-order valence-electron chi connectivity index (χ2n) is 6.14. The smallest absolute Gasteiger partial charge is 0.335 e. The van der Waals surface area contributed by atoms with Crippen LogP contribution in [0.1, 0.15) is 24.1 Å². The highest BCUT2D eigenvalue weighted by atomic mass is 35.5. The lowest BCUT2D eigenvalue weighted by Gasteiger charge is -2.17. The Bertz CT molecular complexity index is 979. The summed E-state index contributed by atoms with van der Waals surface area (Å²) in [6.07, 6.45) is -2.73. The number of fused-ring (bicyclic) bond motifs is 1. The molecule has 3 rings (SSSR count). The van der Waals surface area contributed by atoms with Crippen LogP contribution in [0.2, 0.25) is 5.02 Å². The van der Waals surface area contributed by atoms with Gasteiger partial charge in [-0.05, 0) is 55.6 Å². The first kappa shape index (κ1) is 18.3. The monoisotopic (exact) mass is 380 g/mol. The van der Waals surface area contributed by atoms with E-state index in [0.29, 0.717) is 0 Å². The third-order valence-corrected chi connectivity index (χ3v) is 4.55. The average molecular weight is 381 g/mol. The highest BCUT2D eigenvalue weighted by Crippen LogP contribution is 2.34. The van der Waals surface area contributed by atoms with Gasteiger partial charge in [-0.2, -0.15) is 13.2 Å². The summed E-state index contributed by atoms with van der Waals surface area (Å²) in [7, 11) is 0. The van der Waals surface area contributed by atoms with Crippen LogP contribution in [0.25, 0.3) is 10.9 Å². The summed E-state index contributed by atoms with van der Waals surface area (Å²) < 4.78 is 40.4. The predicted molar refractivity (Wildman–Crippen MR) is 96.5 cm³/mol. The minimum atomic E-state index is -4.51. The van der Waals surface area contributed by atoms with Crippen LogP contribution in [0.5, 0.6) is 0 Å². The number of hydrogen-bond donors (Lipinski definition) is 1. The summed E-state index contributed by atoms with van der Waals surface area (Å²) >= 11 is 5.94. The molecule has 1 atom stereocenters. The van der Waals surface area contributed by atoms with E-state index in [0.717, 1.165) is 34.7 Å². The van der Waals surface area contributed by atoms with Crippen molar-refractivity contribution in [2.45, 2.75) is 26.1 Å². The van der Waals surface area contributed by atoms with Gasteiger partial charge in [-0.15, -0.1) is 0 Å². The molecule has 0 aliphatic rings. The van der Waals surface area contributed by atoms with Crippen molar-refractivity contribution in [1.29, 1.82) is 0 Å². The van der Waals surface area contributed by atoms with Gasteiger partial charge in [0.2, 0.25) is 5.91 Å². The number of aryl methyl sites for hydroxylation is 1. The zero-order chi connectivity index (χ0) is 19.1. The average Bonchev–Trinajstić information content (AvgIpc) is 2.97. The standard InChI is InChI=1S/C19H16ClF3N2O/c1-11-3-6-17-13(9-11)7-8-25(17)12(2)18(26)24-16-10-14(19(21,22)23)4-5-15(16)20/h3-10,12H,1-2H3,(H,24,26). The molecule has 0 bridgehead atoms. The van der Waals surface area contributed by atoms with Crippen molar-refractivity contribution in [2.75, 3.05) is 5.32 Å². The van der Waals surface area contributed by atoms with E-state index in [-0.39, 0.29) is 10.7 Å². The van der Waals surface area contributed by atoms with E-state index in [1.165, 1.54) is 0 Å². The predicted octanol–water partition coefficient (Wildman–Crippen LogP) is 5.82. The van der Waals surface area contributed by atoms with Gasteiger partial charge in [0.05, 0.1) is 16.3 Å². The molecular weight excluding hydrogens is 365 g/mol. The van der Waals surface area contributed by atoms with Crippen molar-refractivity contribution in [3.63, 3.8) is 0 Å². The number of halogens is 4. The second-order valence-corrected chi connectivity index (χ2v) is 6.55. The van der Waals surface area contributed by atoms with Gasteiger partial charge in [0, 0.05) is 11.7 Å². The van der Waals surface area contributed by atoms with Crippen molar-refractivity contribution < 1.29 is 18.0 Å². The Labute approximate surface area is 153 Å². The first-order valence-electron chi connectivity index (χ1n) is 7.91. The third kappa shape index (κ3) is 3.55. The van der Waals surface area contributed by atoms with Crippen molar-refractivity contribution in [3.05, 3.63) is 64.8 Å². The molecular formula is C19H16ClF3N2O. The maximum absolute atomic E-state index is 12.9. The van der Waals surface area contributed by atoms with E-state index >= 15 is 0 Å². The summed E-state index contributed by atoms with van der Waals surface area (Å²) in [6.45, 7) is 3.65. The quantitative estimate of drug-likeness (QED) is 0.610. The van der Waals surface area contributed by atoms with Gasteiger partial charge in [0.1, 0.15) is 6.04 Å². The number of anilines is 1. The number of hydrogen-bond acceptors (Lipinski definition) is 1. The van der Waals surface area contributed by atoms with E-state index in [4.69, 9.17) is 11.6 Å². The first-order chi connectivity index (χ1) is 12.2. The molecule has 0 fully saturated rings. The van der Waals surface area contributed by atoms with E-state index in [1.807, 2.05) is 31.2 Å². The molecule has 1 amide bonds. The SMILES string of the molecule is Cc1ccc2c(ccn2C(C)C(=O)Nc2cc(C(F)(F)F)ccc2Cl)c1. The number of carbonyl (C=O) groups excluding carboxylic acids is 1. The fourth-order valence-corrected chi connectivity index (χ4v) is 2.95. The number of carbonyl (C=O) groups is 1. The summed E-state index contributed by atoms with van der Waals surface area (Å²) in [5, 5.41) is 3.53. The van der Waals surface area contributed by atoms with Gasteiger partial charge in [0.15, 0.2) is 0 Å². The summed E-state index contributed by atoms with van der Waals surface area (Å²) in [5.74, 6) is -0.454. The molecule has 3 nitrogen and oxygen atoms in total. The lowest BCUT2D eigenvalue weighted by atomic mass is 10.1. The van der Waals surface area contributed by atoms with Crippen LogP contribution in [0.3, 0.4) is 0 Å². The van der Waals surface area contributed by atoms with E-state index in [9.17, 15) is 18.0 Å². The Hall–Kier alpha value is -2.47. The molecule has 0 radical (unpaired) electrons. The van der Waals surface area contributed by atoms with Crippen molar-refractivity contribution in [1.82, 2.24) is 4.57 Å². The number of nitrogens with zero attached hydrogens (tertiary/aromatic N) is 1. The number of aromatic nitrogens is 1. The molecule has 7 heteroatoms. The highest BCUT2D eigenvalue weighted by molar-refractivity contribution is 6.33. The molecule has 0 spiro atoms.